The summed E-state index contributed by atoms with van der Waals surface area (Å²) >= 11 is 0. The van der Waals surface area contributed by atoms with Crippen LogP contribution in [0.2, 0.25) is 0 Å². The average molecular weight is 212 g/mol. The molecule has 0 bridgehead atoms. The molecule has 15 heavy (non-hydrogen) atoms. The predicted octanol–water partition coefficient (Wildman–Crippen LogP) is 2.64. The summed E-state index contributed by atoms with van der Waals surface area (Å²) < 4.78 is 0. The van der Waals surface area contributed by atoms with E-state index in [-0.39, 0.29) is 0 Å². The molecule has 1 N–H and O–H groups in total. The Morgan fingerprint density at radius 3 is 2.60 bits per heavy atom. The van der Waals surface area contributed by atoms with Crippen LogP contribution in [0.3, 0.4) is 0 Å². The lowest BCUT2D eigenvalue weighted by Gasteiger charge is -2.24. The summed E-state index contributed by atoms with van der Waals surface area (Å²) in [6.07, 6.45) is 6.66. The molecule has 1 atom stereocenters. The second kappa shape index (κ2) is 7.24. The molecule has 0 spiro atoms. The predicted molar refractivity (Wildman–Crippen MR) is 67.3 cm³/mol. The SMILES string of the molecule is CCC(CC)NCCN1CCCC1CC. The molecule has 0 aliphatic carbocycles. The van der Waals surface area contributed by atoms with Crippen LogP contribution in [0.4, 0.5) is 0 Å². The highest BCUT2D eigenvalue weighted by Gasteiger charge is 2.21. The summed E-state index contributed by atoms with van der Waals surface area (Å²) in [7, 11) is 0. The van der Waals surface area contributed by atoms with E-state index in [0.717, 1.165) is 12.1 Å². The van der Waals surface area contributed by atoms with Crippen molar-refractivity contribution in [2.24, 2.45) is 0 Å². The molecule has 1 heterocycles. The van der Waals surface area contributed by atoms with E-state index < -0.39 is 0 Å². The minimum Gasteiger partial charge on any atom is -0.313 e. The Balaban J connectivity index is 2.13. The van der Waals surface area contributed by atoms with Gasteiger partial charge < -0.3 is 5.32 Å². The third-order valence-corrected chi connectivity index (χ3v) is 3.79. The Bertz CT molecular complexity index is 155. The van der Waals surface area contributed by atoms with Gasteiger partial charge in [0, 0.05) is 25.2 Å². The van der Waals surface area contributed by atoms with Gasteiger partial charge in [0.15, 0.2) is 0 Å². The first-order valence-electron chi connectivity index (χ1n) is 6.79. The molecule has 0 amide bonds. The molecule has 1 fully saturated rings. The fourth-order valence-electron chi connectivity index (χ4n) is 2.64. The Kier molecular flexibility index (Phi) is 6.26. The zero-order valence-electron chi connectivity index (χ0n) is 10.8. The molecule has 1 unspecified atom stereocenters. The zero-order valence-corrected chi connectivity index (χ0v) is 10.8. The third-order valence-electron chi connectivity index (χ3n) is 3.79. The fraction of sp³-hybridized carbons (Fsp3) is 1.00. The number of hydrogen-bond acceptors (Lipinski definition) is 2. The van der Waals surface area contributed by atoms with Crippen LogP contribution in [0.5, 0.6) is 0 Å². The molecule has 0 saturated carbocycles. The van der Waals surface area contributed by atoms with Crippen molar-refractivity contribution in [2.75, 3.05) is 19.6 Å². The molecule has 1 aliphatic heterocycles. The maximum atomic E-state index is 3.65. The van der Waals surface area contributed by atoms with Gasteiger partial charge >= 0.3 is 0 Å². The molecular formula is C13H28N2. The van der Waals surface area contributed by atoms with Gasteiger partial charge in [0.2, 0.25) is 0 Å². The molecule has 1 aliphatic rings. The topological polar surface area (TPSA) is 15.3 Å². The molecule has 90 valence electrons. The van der Waals surface area contributed by atoms with E-state index in [1.807, 2.05) is 0 Å². The van der Waals surface area contributed by atoms with Crippen LogP contribution in [0.25, 0.3) is 0 Å². The van der Waals surface area contributed by atoms with Crippen LogP contribution in [0.15, 0.2) is 0 Å². The van der Waals surface area contributed by atoms with Crippen molar-refractivity contribution in [1.82, 2.24) is 10.2 Å². The molecule has 0 aromatic heterocycles. The monoisotopic (exact) mass is 212 g/mol. The largest absolute Gasteiger partial charge is 0.313 e. The van der Waals surface area contributed by atoms with Gasteiger partial charge in [0.1, 0.15) is 0 Å². The fourth-order valence-corrected chi connectivity index (χ4v) is 2.64. The summed E-state index contributed by atoms with van der Waals surface area (Å²) in [6, 6.07) is 1.60. The van der Waals surface area contributed by atoms with Crippen molar-refractivity contribution >= 4 is 0 Å². The standard InChI is InChI=1S/C13H28N2/c1-4-12(5-2)14-9-11-15-10-7-8-13(15)6-3/h12-14H,4-11H2,1-3H3. The summed E-state index contributed by atoms with van der Waals surface area (Å²) in [5, 5.41) is 3.65. The van der Waals surface area contributed by atoms with Gasteiger partial charge in [0.25, 0.3) is 0 Å². The van der Waals surface area contributed by atoms with Crippen molar-refractivity contribution in [3.63, 3.8) is 0 Å². The van der Waals surface area contributed by atoms with Crippen LogP contribution in [-0.2, 0) is 0 Å². The first kappa shape index (κ1) is 13.0. The number of nitrogens with zero attached hydrogens (tertiary/aromatic N) is 1. The van der Waals surface area contributed by atoms with Crippen molar-refractivity contribution in [3.8, 4) is 0 Å². The van der Waals surface area contributed by atoms with Gasteiger partial charge in [0.05, 0.1) is 0 Å². The molecule has 0 aromatic rings. The second-order valence-electron chi connectivity index (χ2n) is 4.71. The number of hydrogen-bond donors (Lipinski definition) is 1. The van der Waals surface area contributed by atoms with E-state index >= 15 is 0 Å². The van der Waals surface area contributed by atoms with Gasteiger partial charge in [-0.1, -0.05) is 20.8 Å². The van der Waals surface area contributed by atoms with Gasteiger partial charge in [-0.05, 0) is 38.6 Å². The van der Waals surface area contributed by atoms with E-state index in [0.29, 0.717) is 0 Å². The number of nitrogens with one attached hydrogen (secondary N) is 1. The molecule has 0 radical (unpaired) electrons. The highest BCUT2D eigenvalue weighted by Crippen LogP contribution is 2.18. The van der Waals surface area contributed by atoms with E-state index in [2.05, 4.69) is 31.0 Å². The van der Waals surface area contributed by atoms with Crippen molar-refractivity contribution in [2.45, 2.75) is 65.0 Å². The molecule has 1 rings (SSSR count). The summed E-state index contributed by atoms with van der Waals surface area (Å²) in [6.45, 7) is 10.6. The number of likely N-dealkylation sites (tertiary alicyclic amines) is 1. The lowest BCUT2D eigenvalue weighted by Crippen LogP contribution is -2.38. The Morgan fingerprint density at radius 2 is 2.00 bits per heavy atom. The average Bonchev–Trinajstić information content (AvgIpc) is 2.72. The van der Waals surface area contributed by atoms with Gasteiger partial charge in [-0.15, -0.1) is 0 Å². The first-order valence-corrected chi connectivity index (χ1v) is 6.79. The summed E-state index contributed by atoms with van der Waals surface area (Å²) in [5.41, 5.74) is 0. The van der Waals surface area contributed by atoms with Crippen molar-refractivity contribution in [3.05, 3.63) is 0 Å². The Labute approximate surface area is 95.4 Å². The quantitative estimate of drug-likeness (QED) is 0.698. The lowest BCUT2D eigenvalue weighted by atomic mass is 10.1. The lowest BCUT2D eigenvalue weighted by molar-refractivity contribution is 0.244. The normalized spacial score (nSPS) is 22.8. The van der Waals surface area contributed by atoms with Crippen LogP contribution >= 0.6 is 0 Å². The van der Waals surface area contributed by atoms with Crippen LogP contribution in [-0.4, -0.2) is 36.6 Å². The maximum absolute atomic E-state index is 3.65. The van der Waals surface area contributed by atoms with E-state index in [1.165, 1.54) is 51.7 Å². The summed E-state index contributed by atoms with van der Waals surface area (Å²) in [5.74, 6) is 0. The minimum atomic E-state index is 0.729. The second-order valence-corrected chi connectivity index (χ2v) is 4.71. The molecule has 1 saturated heterocycles. The zero-order chi connectivity index (χ0) is 11.1. The van der Waals surface area contributed by atoms with Gasteiger partial charge in [-0.25, -0.2) is 0 Å². The van der Waals surface area contributed by atoms with Crippen LogP contribution in [0.1, 0.15) is 52.9 Å². The number of rotatable bonds is 7. The third kappa shape index (κ3) is 4.12. The first-order chi connectivity index (χ1) is 7.31. The Hall–Kier alpha value is -0.0800. The molecule has 2 nitrogen and oxygen atoms in total. The molecule has 0 aromatic carbocycles. The summed E-state index contributed by atoms with van der Waals surface area (Å²) in [4.78, 5) is 2.66. The van der Waals surface area contributed by atoms with Crippen LogP contribution < -0.4 is 5.32 Å². The molecule has 2 heteroatoms. The van der Waals surface area contributed by atoms with Crippen molar-refractivity contribution < 1.29 is 0 Å². The minimum absolute atomic E-state index is 0.729. The van der Waals surface area contributed by atoms with Gasteiger partial charge in [-0.3, -0.25) is 4.90 Å². The van der Waals surface area contributed by atoms with Gasteiger partial charge in [-0.2, -0.15) is 0 Å². The smallest absolute Gasteiger partial charge is 0.0110 e. The van der Waals surface area contributed by atoms with E-state index in [1.54, 1.807) is 0 Å². The maximum Gasteiger partial charge on any atom is 0.0110 e. The van der Waals surface area contributed by atoms with Crippen LogP contribution in [0, 0.1) is 0 Å². The molecular weight excluding hydrogens is 184 g/mol. The van der Waals surface area contributed by atoms with E-state index in [9.17, 15) is 0 Å². The highest BCUT2D eigenvalue weighted by molar-refractivity contribution is 4.78. The highest BCUT2D eigenvalue weighted by atomic mass is 15.2. The Morgan fingerprint density at radius 1 is 1.27 bits per heavy atom. The van der Waals surface area contributed by atoms with Crippen molar-refractivity contribution in [1.29, 1.82) is 0 Å². The van der Waals surface area contributed by atoms with E-state index in [4.69, 9.17) is 0 Å².